The Kier molecular flexibility index (Phi) is 40.8. The van der Waals surface area contributed by atoms with Crippen molar-refractivity contribution in [3.05, 3.63) is 121 Å². The molecular weight excluding hydrogens is 1320 g/mol. The first-order chi connectivity index (χ1) is 46.1. The summed E-state index contributed by atoms with van der Waals surface area (Å²) in [6, 6.07) is -0.338. The van der Waals surface area contributed by atoms with Crippen LogP contribution >= 0.6 is 13.5 Å². The fraction of sp³-hybridized carbons (Fsp3) is 0.621. The number of nitrogens with zero attached hydrogens (tertiary/aromatic N) is 10. The topological polar surface area (TPSA) is 404 Å². The molecule has 6 unspecified atom stereocenters. The molecule has 0 aromatic carbocycles. The molecule has 8 aliphatic heterocycles. The van der Waals surface area contributed by atoms with E-state index >= 15 is 0 Å². The summed E-state index contributed by atoms with van der Waals surface area (Å²) in [5.41, 5.74) is 39.0. The van der Waals surface area contributed by atoms with Gasteiger partial charge in [-0.2, -0.15) is 13.5 Å². The van der Waals surface area contributed by atoms with Crippen molar-refractivity contribution in [2.45, 2.75) is 135 Å². The molecule has 3 fully saturated rings. The van der Waals surface area contributed by atoms with Crippen LogP contribution in [-0.4, -0.2) is 280 Å². The summed E-state index contributed by atoms with van der Waals surface area (Å²) >= 11 is 0. The first-order valence-corrected chi connectivity index (χ1v) is 30.9. The van der Waals surface area contributed by atoms with E-state index in [1.54, 1.807) is 90.9 Å². The second-order valence-corrected chi connectivity index (χ2v) is 23.1. The lowest BCUT2D eigenvalue weighted by Crippen LogP contribution is -2.48. The number of aliphatic hydroxyl groups excluding tert-OH is 2. The zero-order valence-electron chi connectivity index (χ0n) is 59.4. The molecular formula is C66H117FN16O16S. The highest BCUT2D eigenvalue weighted by molar-refractivity contribution is 7.59. The van der Waals surface area contributed by atoms with Crippen LogP contribution in [0.25, 0.3) is 0 Å². The molecule has 14 atom stereocenters. The zero-order chi connectivity index (χ0) is 72.5. The molecule has 570 valence electrons. The Morgan fingerprint density at radius 3 is 1.28 bits per heavy atom. The predicted molar refractivity (Wildman–Crippen MR) is 390 cm³/mol. The minimum Gasteiger partial charge on any atom is -0.396 e. The highest BCUT2D eigenvalue weighted by Gasteiger charge is 2.50. The maximum Gasteiger partial charge on any atom is 0.174 e. The van der Waals surface area contributed by atoms with E-state index in [1.165, 1.54) is 19.1 Å². The molecule has 8 rings (SSSR count). The second kappa shape index (κ2) is 44.7. The molecule has 34 heteroatoms. The van der Waals surface area contributed by atoms with Crippen molar-refractivity contribution >= 4 is 42.7 Å². The van der Waals surface area contributed by atoms with Gasteiger partial charge in [0.15, 0.2) is 31.1 Å². The van der Waals surface area contributed by atoms with Crippen LogP contribution in [0.3, 0.4) is 0 Å². The molecule has 0 amide bonds. The molecule has 0 radical (unpaired) electrons. The molecule has 8 heterocycles. The van der Waals surface area contributed by atoms with E-state index in [4.69, 9.17) is 101 Å². The number of amidine groups is 5. The number of aliphatic hydroxyl groups is 2. The summed E-state index contributed by atoms with van der Waals surface area (Å²) in [7, 11) is 15.9. The van der Waals surface area contributed by atoms with Crippen LogP contribution in [-0.2, 0) is 66.3 Å². The monoisotopic (exact) mass is 1440 g/mol. The fourth-order valence-corrected chi connectivity index (χ4v) is 10.7. The van der Waals surface area contributed by atoms with Gasteiger partial charge in [-0.1, -0.05) is 47.7 Å². The third-order valence-corrected chi connectivity index (χ3v) is 16.1. The molecule has 32 nitrogen and oxygen atoms in total. The second-order valence-electron chi connectivity index (χ2n) is 23.1. The lowest BCUT2D eigenvalue weighted by Gasteiger charge is -2.34. The van der Waals surface area contributed by atoms with Crippen molar-refractivity contribution in [1.82, 2.24) is 24.5 Å². The van der Waals surface area contributed by atoms with Crippen molar-refractivity contribution in [3.63, 3.8) is 0 Å². The first kappa shape index (κ1) is 91.4. The number of aliphatic imine (C=N–C) groups is 5. The van der Waals surface area contributed by atoms with Gasteiger partial charge in [0.2, 0.25) is 0 Å². The Bertz CT molecular complexity index is 2900. The van der Waals surface area contributed by atoms with E-state index in [0.717, 1.165) is 27.9 Å². The largest absolute Gasteiger partial charge is 0.396 e. The summed E-state index contributed by atoms with van der Waals surface area (Å²) in [5.74, 6) is 4.39. The maximum absolute atomic E-state index is 14.5. The Morgan fingerprint density at radius 1 is 0.490 bits per heavy atom. The molecule has 14 N–H and O–H groups in total. The van der Waals surface area contributed by atoms with Crippen LogP contribution < -0.4 is 34.4 Å². The number of ether oxygens (including phenoxy) is 14. The van der Waals surface area contributed by atoms with Gasteiger partial charge >= 0.3 is 0 Å². The Hall–Kier alpha value is -6.65. The van der Waals surface area contributed by atoms with E-state index in [1.807, 2.05) is 51.2 Å². The maximum atomic E-state index is 14.5. The Balaban J connectivity index is 0.000000622. The number of halogens is 1. The number of hydrogen-bond acceptors (Lipinski definition) is 32. The number of alkyl halides is 1. The minimum atomic E-state index is -1.34. The molecule has 3 saturated heterocycles. The van der Waals surface area contributed by atoms with Gasteiger partial charge in [-0.3, -0.25) is 0 Å². The van der Waals surface area contributed by atoms with Crippen LogP contribution in [0, 0.1) is 5.92 Å². The molecule has 100 heavy (non-hydrogen) atoms. The number of methoxy groups -OCH3 is 10. The van der Waals surface area contributed by atoms with Gasteiger partial charge in [0.25, 0.3) is 0 Å². The standard InChI is InChI=1S/C14H23N3O4.C13H20FN3O3.C13H22N4O3.C13H23N3O4.C11H19N3O2.2CH4.H2S/c1-8-5-17(9(2)16-13(8)15)14-12(20-4)10(6-18)11(21-14)7-19-3;2*1-7-5-17(8(2)16-12(7)15)13-10(14)11(19-4)9(20-13)6-18-3;1-9-5-16(10(2)15-13(9)14)12(6-17)20-11(7-18-3)8-19-4;1-8-5-14(9(2)13-11(8)12)6-10(16-4)7-15-3;;;/h5,10-12,14,18H,2,6-7H2,1,3-4H3,(H2,15,16);5,9-11,13H,2,6H2,1,3-4H3,(H2,15,16);5,9-11,13H,2,6,14H2,1,3-4H3,(H2,15,16);5,11-12,17H,2,6-8H2,1,3-4H3,(H2,14,15);5,10H,2,6-7H2,1,3-4H3,(H2,12,13);2*1H4;1H2/t10?,11-,12?,14-;2*9-,10?,11?,13-;12-;10-;;;/m11110.../s1. The summed E-state index contributed by atoms with van der Waals surface area (Å²) < 4.78 is 89.9. The van der Waals surface area contributed by atoms with Crippen molar-refractivity contribution < 1.29 is 80.9 Å². The third kappa shape index (κ3) is 24.3. The number of rotatable bonds is 26. The van der Waals surface area contributed by atoms with Gasteiger partial charge in [-0.25, -0.2) is 29.4 Å². The van der Waals surface area contributed by atoms with E-state index in [9.17, 15) is 14.6 Å². The van der Waals surface area contributed by atoms with Crippen LogP contribution in [0.4, 0.5) is 4.39 Å². The van der Waals surface area contributed by atoms with Crippen molar-refractivity contribution in [2.24, 2.45) is 65.3 Å². The summed E-state index contributed by atoms with van der Waals surface area (Å²) in [5, 5.41) is 19.2. The molecule has 0 saturated carbocycles. The number of nitrogens with two attached hydrogens (primary N) is 6. The normalized spacial score (nSPS) is 27.0. The van der Waals surface area contributed by atoms with E-state index in [-0.39, 0.29) is 96.8 Å². The molecule has 0 aromatic heterocycles. The summed E-state index contributed by atoms with van der Waals surface area (Å²) in [6.07, 6.45) is 2.89. The lowest BCUT2D eigenvalue weighted by molar-refractivity contribution is -0.131. The van der Waals surface area contributed by atoms with Gasteiger partial charge in [-0.05, 0) is 34.6 Å². The van der Waals surface area contributed by atoms with E-state index in [0.29, 0.717) is 97.9 Å². The van der Waals surface area contributed by atoms with Crippen molar-refractivity contribution in [2.75, 3.05) is 130 Å². The highest BCUT2D eigenvalue weighted by atomic mass is 32.1. The van der Waals surface area contributed by atoms with E-state index in [2.05, 4.69) is 57.9 Å². The Morgan fingerprint density at radius 2 is 0.860 bits per heavy atom. The summed E-state index contributed by atoms with van der Waals surface area (Å²) in [4.78, 5) is 29.4. The van der Waals surface area contributed by atoms with Crippen LogP contribution in [0.5, 0.6) is 0 Å². The van der Waals surface area contributed by atoms with Crippen LogP contribution in [0.1, 0.15) is 49.5 Å². The first-order valence-electron chi connectivity index (χ1n) is 30.9. The van der Waals surface area contributed by atoms with Crippen LogP contribution in [0.2, 0.25) is 0 Å². The van der Waals surface area contributed by atoms with E-state index < -0.39 is 43.3 Å². The van der Waals surface area contributed by atoms with Gasteiger partial charge in [0, 0.05) is 136 Å². The van der Waals surface area contributed by atoms with Gasteiger partial charge in [0.1, 0.15) is 94.9 Å². The predicted octanol–water partition coefficient (Wildman–Crippen LogP) is 2.65. The average Bonchev–Trinajstić information content (AvgIpc) is 1.64. The van der Waals surface area contributed by atoms with Gasteiger partial charge in [0.05, 0.1) is 77.6 Å². The average molecular weight is 1440 g/mol. The lowest BCUT2D eigenvalue weighted by atomic mass is 9.99. The molecule has 8 aliphatic rings. The third-order valence-electron chi connectivity index (χ3n) is 16.1. The molecule has 0 aliphatic carbocycles. The van der Waals surface area contributed by atoms with Gasteiger partial charge in [-0.15, -0.1) is 0 Å². The quantitative estimate of drug-likeness (QED) is 0.0617. The number of hydrogen-bond donors (Lipinski definition) is 8. The van der Waals surface area contributed by atoms with Gasteiger partial charge < -0.3 is 135 Å². The minimum absolute atomic E-state index is 0. The van der Waals surface area contributed by atoms with Crippen LogP contribution in [0.15, 0.2) is 146 Å². The zero-order valence-corrected chi connectivity index (χ0v) is 60.4. The SMILES string of the molecule is C.C.C=C1N=C(N)C(C)=CN1C[C@@H](COC)OC.C=C1N=C(N)C(C)=CN1[C@@H](CO)OC(COC)COC.C=C1N=C(N)C(C)=CN1[C@@H]1O[C@H](COC)C(CO)C1OC.C=C1N=C(N)C(C)=CN1[C@@H]1O[C@H](COC)C(OC)C1F.C=C1N=C(N)C(C)=CN1[C@@H]1O[C@H](COC)C(OC)C1N.S. The highest BCUT2D eigenvalue weighted by Crippen LogP contribution is 2.36. The van der Waals surface area contributed by atoms with Crippen molar-refractivity contribution in [1.29, 1.82) is 0 Å². The molecule has 0 bridgehead atoms. The molecule has 0 aromatic rings. The van der Waals surface area contributed by atoms with Crippen molar-refractivity contribution in [3.8, 4) is 0 Å². The fourth-order valence-electron chi connectivity index (χ4n) is 10.7. The smallest absolute Gasteiger partial charge is 0.174 e. The Labute approximate surface area is 597 Å². The summed E-state index contributed by atoms with van der Waals surface area (Å²) in [6.45, 7) is 31.2. The molecule has 0 spiro atoms.